The van der Waals surface area contributed by atoms with E-state index in [1.165, 1.54) is 0 Å². The molecule has 144 valence electrons. The van der Waals surface area contributed by atoms with Crippen LogP contribution in [0, 0.1) is 19.3 Å². The molecule has 2 rings (SSSR count). The zero-order valence-electron chi connectivity index (χ0n) is 16.6. The molecule has 1 saturated heterocycles. The number of aryl methyl sites for hydroxylation is 2. The van der Waals surface area contributed by atoms with E-state index in [-0.39, 0.29) is 6.10 Å². The predicted molar refractivity (Wildman–Crippen MR) is 107 cm³/mol. The first-order valence-corrected chi connectivity index (χ1v) is 10.1. The first-order chi connectivity index (χ1) is 12.1. The number of nitrogens with zero attached hydrogens (tertiary/aromatic N) is 2. The smallest absolute Gasteiger partial charge is 0.380 e. The molecular weight excluding hydrogens is 396 g/mol. The van der Waals surface area contributed by atoms with Gasteiger partial charge in [-0.1, -0.05) is 20.3 Å². The van der Waals surface area contributed by atoms with Crippen molar-refractivity contribution in [1.82, 2.24) is 4.98 Å². The Morgan fingerprint density at radius 1 is 1.23 bits per heavy atom. The lowest BCUT2D eigenvalue weighted by Gasteiger charge is -2.41. The monoisotopic (exact) mass is 424 g/mol. The highest BCUT2D eigenvalue weighted by Crippen LogP contribution is 2.40. The molecule has 0 radical (unpaired) electrons. The average molecular weight is 425 g/mol. The van der Waals surface area contributed by atoms with Crippen LogP contribution in [0.4, 0.5) is 5.69 Å². The number of carbonyl (C=O) groups excluding carboxylic acids is 2. The Kier molecular flexibility index (Phi) is 6.48. The molecule has 1 aromatic heterocycles. The minimum Gasteiger partial charge on any atom is -0.457 e. The Balaban J connectivity index is 2.45. The first kappa shape index (κ1) is 20.9. The topological polar surface area (TPSA) is 59.5 Å². The van der Waals surface area contributed by atoms with Gasteiger partial charge in [0.25, 0.3) is 5.78 Å². The molecule has 5 nitrogen and oxygen atoms in total. The normalized spacial score (nSPS) is 16.7. The van der Waals surface area contributed by atoms with Crippen molar-refractivity contribution in [2.24, 2.45) is 5.41 Å². The summed E-state index contributed by atoms with van der Waals surface area (Å²) in [7, 11) is 0. The van der Waals surface area contributed by atoms with Crippen LogP contribution in [0.1, 0.15) is 68.7 Å². The van der Waals surface area contributed by atoms with E-state index >= 15 is 0 Å². The summed E-state index contributed by atoms with van der Waals surface area (Å²) in [6.07, 6.45) is 2.92. The fraction of sp³-hybridized carbons (Fsp3) is 0.650. The Labute approximate surface area is 164 Å². The van der Waals surface area contributed by atoms with Crippen molar-refractivity contribution >= 4 is 33.4 Å². The lowest BCUT2D eigenvalue weighted by molar-refractivity contribution is -0.141. The second-order valence-electron chi connectivity index (χ2n) is 7.75. The van der Waals surface area contributed by atoms with Gasteiger partial charge in [-0.3, -0.25) is 9.78 Å². The van der Waals surface area contributed by atoms with Gasteiger partial charge in [0.1, 0.15) is 0 Å². The zero-order chi connectivity index (χ0) is 19.6. The number of rotatable bonds is 5. The number of hydrogen-bond donors (Lipinski definition) is 0. The summed E-state index contributed by atoms with van der Waals surface area (Å²) in [5, 5.41) is 0. The number of ether oxygens (including phenoxy) is 1. The molecule has 0 spiro atoms. The molecule has 26 heavy (non-hydrogen) atoms. The number of pyridine rings is 1. The summed E-state index contributed by atoms with van der Waals surface area (Å²) in [5.74, 6) is -1.44. The highest BCUT2D eigenvalue weighted by molar-refractivity contribution is 9.10. The Bertz CT molecular complexity index is 707. The Morgan fingerprint density at radius 2 is 1.81 bits per heavy atom. The van der Waals surface area contributed by atoms with Crippen LogP contribution in [0.3, 0.4) is 0 Å². The fourth-order valence-electron chi connectivity index (χ4n) is 3.37. The number of anilines is 1. The second-order valence-corrected chi connectivity index (χ2v) is 8.55. The number of ketones is 1. The number of carbonyl (C=O) groups is 2. The summed E-state index contributed by atoms with van der Waals surface area (Å²) in [4.78, 5) is 31.8. The third-order valence-corrected chi connectivity index (χ3v) is 6.30. The first-order valence-electron chi connectivity index (χ1n) is 9.26. The quantitative estimate of drug-likeness (QED) is 0.392. The Hall–Kier alpha value is -1.43. The lowest BCUT2D eigenvalue weighted by Crippen LogP contribution is -2.40. The molecule has 0 N–H and O–H groups in total. The van der Waals surface area contributed by atoms with E-state index in [1.54, 1.807) is 20.8 Å². The zero-order valence-corrected chi connectivity index (χ0v) is 18.2. The number of halogens is 1. The molecule has 2 heterocycles. The van der Waals surface area contributed by atoms with Crippen LogP contribution < -0.4 is 4.90 Å². The van der Waals surface area contributed by atoms with Gasteiger partial charge in [0, 0.05) is 13.1 Å². The molecule has 0 atom stereocenters. The standard InChI is InChI=1S/C20H29BrN2O3/c1-7-20(6)8-10-23(11-9-20)17-15(13(4)22-14(5)16(17)21)18(24)19(25)26-12(2)3/h12H,7-11H2,1-6H3. The van der Waals surface area contributed by atoms with Gasteiger partial charge in [-0.05, 0) is 61.9 Å². The molecular formula is C20H29BrN2O3. The number of esters is 1. The van der Waals surface area contributed by atoms with Gasteiger partial charge in [0.2, 0.25) is 0 Å². The highest BCUT2D eigenvalue weighted by Gasteiger charge is 2.34. The molecule has 0 unspecified atom stereocenters. The van der Waals surface area contributed by atoms with Crippen molar-refractivity contribution in [3.05, 3.63) is 21.4 Å². The molecule has 1 aromatic rings. The van der Waals surface area contributed by atoms with E-state index in [2.05, 4.69) is 39.7 Å². The highest BCUT2D eigenvalue weighted by atomic mass is 79.9. The Morgan fingerprint density at radius 3 is 2.31 bits per heavy atom. The third-order valence-electron chi connectivity index (χ3n) is 5.36. The molecule has 1 aliphatic heterocycles. The van der Waals surface area contributed by atoms with Crippen molar-refractivity contribution in [2.45, 2.75) is 66.9 Å². The average Bonchev–Trinajstić information content (AvgIpc) is 2.57. The van der Waals surface area contributed by atoms with Gasteiger partial charge in [0.15, 0.2) is 0 Å². The third kappa shape index (κ3) is 4.27. The van der Waals surface area contributed by atoms with Gasteiger partial charge in [-0.25, -0.2) is 4.79 Å². The maximum Gasteiger partial charge on any atom is 0.380 e. The van der Waals surface area contributed by atoms with Crippen LogP contribution in [-0.2, 0) is 9.53 Å². The molecule has 0 amide bonds. The number of Topliss-reactive ketones (excluding diaryl/α,β-unsaturated/α-hetero) is 1. The summed E-state index contributed by atoms with van der Waals surface area (Å²) in [6, 6.07) is 0. The van der Waals surface area contributed by atoms with Gasteiger partial charge >= 0.3 is 5.97 Å². The predicted octanol–water partition coefficient (Wildman–Crippen LogP) is 4.61. The van der Waals surface area contributed by atoms with Crippen LogP contribution in [0.25, 0.3) is 0 Å². The minimum atomic E-state index is -0.822. The van der Waals surface area contributed by atoms with E-state index in [1.807, 2.05) is 6.92 Å². The molecule has 0 bridgehead atoms. The van der Waals surface area contributed by atoms with Crippen molar-refractivity contribution in [2.75, 3.05) is 18.0 Å². The van der Waals surface area contributed by atoms with E-state index in [0.29, 0.717) is 16.7 Å². The van der Waals surface area contributed by atoms with Gasteiger partial charge in [0.05, 0.1) is 33.2 Å². The summed E-state index contributed by atoms with van der Waals surface area (Å²) < 4.78 is 5.92. The van der Waals surface area contributed by atoms with Crippen molar-refractivity contribution in [3.8, 4) is 0 Å². The lowest BCUT2D eigenvalue weighted by atomic mass is 9.78. The van der Waals surface area contributed by atoms with Crippen LogP contribution in [0.15, 0.2) is 4.47 Å². The molecule has 0 aromatic carbocycles. The fourth-order valence-corrected chi connectivity index (χ4v) is 3.91. The number of piperidine rings is 1. The van der Waals surface area contributed by atoms with Crippen LogP contribution in [0.2, 0.25) is 0 Å². The second kappa shape index (κ2) is 8.07. The minimum absolute atomic E-state index is 0.334. The van der Waals surface area contributed by atoms with Crippen molar-refractivity contribution in [3.63, 3.8) is 0 Å². The summed E-state index contributed by atoms with van der Waals surface area (Å²) >= 11 is 3.61. The maximum atomic E-state index is 12.8. The van der Waals surface area contributed by atoms with Crippen LogP contribution >= 0.6 is 15.9 Å². The van der Waals surface area contributed by atoms with Crippen molar-refractivity contribution in [1.29, 1.82) is 0 Å². The van der Waals surface area contributed by atoms with E-state index in [9.17, 15) is 9.59 Å². The molecule has 0 saturated carbocycles. The SMILES string of the molecule is CCC1(C)CCN(c2c(Br)c(C)nc(C)c2C(=O)C(=O)OC(C)C)CC1. The maximum absolute atomic E-state index is 12.8. The largest absolute Gasteiger partial charge is 0.457 e. The van der Waals surface area contributed by atoms with Gasteiger partial charge < -0.3 is 9.64 Å². The van der Waals surface area contributed by atoms with E-state index in [4.69, 9.17) is 4.74 Å². The molecule has 1 fully saturated rings. The number of hydrogen-bond acceptors (Lipinski definition) is 5. The number of aromatic nitrogens is 1. The summed E-state index contributed by atoms with van der Waals surface area (Å²) in [6.45, 7) is 13.4. The molecule has 0 aliphatic carbocycles. The van der Waals surface area contributed by atoms with E-state index in [0.717, 1.165) is 48.2 Å². The summed E-state index contributed by atoms with van der Waals surface area (Å²) in [5.41, 5.74) is 2.85. The van der Waals surface area contributed by atoms with Crippen molar-refractivity contribution < 1.29 is 14.3 Å². The van der Waals surface area contributed by atoms with E-state index < -0.39 is 11.8 Å². The van der Waals surface area contributed by atoms with Gasteiger partial charge in [-0.2, -0.15) is 0 Å². The van der Waals surface area contributed by atoms with Gasteiger partial charge in [-0.15, -0.1) is 0 Å². The molecule has 6 heteroatoms. The molecule has 1 aliphatic rings. The van der Waals surface area contributed by atoms with Crippen LogP contribution in [0.5, 0.6) is 0 Å². The van der Waals surface area contributed by atoms with Crippen LogP contribution in [-0.4, -0.2) is 35.9 Å².